The molecule has 9 rings (SSSR count). The molecular weight excluding hydrogens is 778 g/mol. The molecule has 26 atom stereocenters. The molecule has 9 aliphatic rings. The molecule has 0 aromatic rings. The molecule has 0 aromatic heterocycles. The number of hydrogen-bond donors (Lipinski definition) is 8. The lowest BCUT2D eigenvalue weighted by Crippen LogP contribution is -2.66. The normalized spacial score (nSPS) is 58.1. The molecule has 5 saturated heterocycles. The van der Waals surface area contributed by atoms with Gasteiger partial charge in [0.2, 0.25) is 0 Å². The maximum absolute atomic E-state index is 12.0. The average Bonchev–Trinajstić information content (AvgIpc) is 3.69. The Hall–Kier alpha value is -0.860. The second-order valence-electron chi connectivity index (χ2n) is 21.2. The molecule has 0 radical (unpaired) electrons. The summed E-state index contributed by atoms with van der Waals surface area (Å²) in [6.07, 6.45) is -9.14. The second-order valence-corrected chi connectivity index (χ2v) is 21.2. The van der Waals surface area contributed by atoms with E-state index in [1.54, 1.807) is 0 Å². The quantitative estimate of drug-likeness (QED) is 0.169. The van der Waals surface area contributed by atoms with Crippen LogP contribution in [-0.2, 0) is 28.4 Å². The Kier molecular flexibility index (Phi) is 12.2. The average molecular weight is 852 g/mol. The Morgan fingerprint density at radius 3 is 1.98 bits per heavy atom. The van der Waals surface area contributed by atoms with Crippen LogP contribution in [0.5, 0.6) is 0 Å². The van der Waals surface area contributed by atoms with Gasteiger partial charge >= 0.3 is 0 Å². The largest absolute Gasteiger partial charge is 0.394 e. The van der Waals surface area contributed by atoms with Crippen LogP contribution < -0.4 is 0 Å². The van der Waals surface area contributed by atoms with Crippen molar-refractivity contribution in [3.63, 3.8) is 0 Å². The molecule has 15 nitrogen and oxygen atoms in total. The number of ether oxygens (including phenoxy) is 6. The fourth-order valence-electron chi connectivity index (χ4n) is 14.7. The van der Waals surface area contributed by atoms with E-state index in [2.05, 4.69) is 38.7 Å². The van der Waals surface area contributed by atoms with Gasteiger partial charge in [-0.25, -0.2) is 0 Å². The van der Waals surface area contributed by atoms with Crippen molar-refractivity contribution in [2.75, 3.05) is 13.2 Å². The highest BCUT2D eigenvalue weighted by atomic mass is 16.8. The Balaban J connectivity index is 0.927. The zero-order valence-corrected chi connectivity index (χ0v) is 36.2. The molecule has 342 valence electrons. The third-order valence-corrected chi connectivity index (χ3v) is 18.0. The van der Waals surface area contributed by atoms with E-state index in [-0.39, 0.29) is 11.5 Å². The third-order valence-electron chi connectivity index (χ3n) is 18.0. The van der Waals surface area contributed by atoms with Crippen LogP contribution in [0.2, 0.25) is 0 Å². The van der Waals surface area contributed by atoms with Crippen molar-refractivity contribution < 1.29 is 69.3 Å². The fourth-order valence-corrected chi connectivity index (χ4v) is 14.7. The van der Waals surface area contributed by atoms with E-state index in [1.807, 2.05) is 0 Å². The number of aliphatic hydroxyl groups is 8. The molecular formula is C45H73NO14. The maximum Gasteiger partial charge on any atom is 0.187 e. The molecule has 0 amide bonds. The summed E-state index contributed by atoms with van der Waals surface area (Å²) in [5, 5.41) is 85.9. The van der Waals surface area contributed by atoms with Crippen LogP contribution in [0.1, 0.15) is 99.3 Å². The van der Waals surface area contributed by atoms with Gasteiger partial charge in [0.15, 0.2) is 18.9 Å². The topological polar surface area (TPSA) is 220 Å². The van der Waals surface area contributed by atoms with Crippen LogP contribution >= 0.6 is 0 Å². The van der Waals surface area contributed by atoms with Crippen LogP contribution in [0.3, 0.4) is 0 Å². The zero-order chi connectivity index (χ0) is 42.7. The summed E-state index contributed by atoms with van der Waals surface area (Å²) in [5.41, 5.74) is 1.80. The van der Waals surface area contributed by atoms with E-state index in [4.69, 9.17) is 28.4 Å². The first-order valence-electron chi connectivity index (χ1n) is 23.2. The van der Waals surface area contributed by atoms with Gasteiger partial charge in [-0.2, -0.15) is 0 Å². The lowest BCUT2D eigenvalue weighted by atomic mass is 9.47. The lowest BCUT2D eigenvalue weighted by molar-refractivity contribution is -0.388. The van der Waals surface area contributed by atoms with Gasteiger partial charge < -0.3 is 69.3 Å². The van der Waals surface area contributed by atoms with Gasteiger partial charge in [-0.05, 0) is 118 Å². The van der Waals surface area contributed by atoms with Gasteiger partial charge in [-0.1, -0.05) is 39.3 Å². The van der Waals surface area contributed by atoms with Gasteiger partial charge in [0, 0.05) is 18.6 Å². The number of allylic oxidation sites excluding steroid dienone is 1. The molecule has 60 heavy (non-hydrogen) atoms. The Bertz CT molecular complexity index is 1570. The third kappa shape index (κ3) is 7.11. The van der Waals surface area contributed by atoms with E-state index < -0.39 is 98.7 Å². The highest BCUT2D eigenvalue weighted by Crippen LogP contribution is 2.70. The molecule has 0 aromatic carbocycles. The molecule has 5 aliphatic heterocycles. The van der Waals surface area contributed by atoms with Crippen molar-refractivity contribution in [2.24, 2.45) is 46.3 Å². The predicted octanol–water partition coefficient (Wildman–Crippen LogP) is 1.18. The summed E-state index contributed by atoms with van der Waals surface area (Å²) in [6, 6.07) is 1.45. The molecule has 0 spiro atoms. The number of rotatable bonds is 7. The summed E-state index contributed by atoms with van der Waals surface area (Å²) in [5.74, 6) is 4.26. The number of aliphatic hydroxyl groups excluding tert-OH is 8. The Morgan fingerprint density at radius 1 is 0.683 bits per heavy atom. The molecule has 8 N–H and O–H groups in total. The van der Waals surface area contributed by atoms with Crippen LogP contribution in [0.4, 0.5) is 0 Å². The van der Waals surface area contributed by atoms with Gasteiger partial charge in [-0.3, -0.25) is 4.90 Å². The van der Waals surface area contributed by atoms with Crippen LogP contribution in [0.15, 0.2) is 11.6 Å². The lowest BCUT2D eigenvalue weighted by Gasteiger charge is -2.58. The van der Waals surface area contributed by atoms with E-state index in [0.29, 0.717) is 35.6 Å². The summed E-state index contributed by atoms with van der Waals surface area (Å²) in [7, 11) is 0. The smallest absolute Gasteiger partial charge is 0.187 e. The van der Waals surface area contributed by atoms with Crippen molar-refractivity contribution in [2.45, 2.75) is 210 Å². The Labute approximate surface area is 354 Å². The van der Waals surface area contributed by atoms with Gasteiger partial charge in [0.1, 0.15) is 61.0 Å². The SMILES string of the molecule is C[C@H]1CC[C@@H]2[C@@H](C)[C@H]3[C@H](C[C@H]4[C@@H]5CC=C6C[C@@H](O[C@@H]7O[C@H](CO)[C@@H](O[C@@H]8O[C@@H](C)[C@H](O)[C@@H](O)[C@H]8O)[C@H](O)[C@H]7O[C@@H]7O[C@@H](C)[C@H](O)[C@@H](O)[C@H]7O)CC[C@]6(C)[C@H]5CC[C@]34C)N2C1. The first kappa shape index (κ1) is 44.3. The van der Waals surface area contributed by atoms with Crippen LogP contribution in [0, 0.1) is 46.3 Å². The first-order chi connectivity index (χ1) is 28.5. The number of nitrogens with zero attached hydrogens (tertiary/aromatic N) is 1. The Morgan fingerprint density at radius 2 is 1.33 bits per heavy atom. The molecule has 3 saturated carbocycles. The van der Waals surface area contributed by atoms with Crippen molar-refractivity contribution in [3.05, 3.63) is 11.6 Å². The number of piperidine rings is 1. The predicted molar refractivity (Wildman–Crippen MR) is 214 cm³/mol. The van der Waals surface area contributed by atoms with E-state index in [0.717, 1.165) is 43.1 Å². The molecule has 8 fully saturated rings. The highest BCUT2D eigenvalue weighted by molar-refractivity contribution is 5.27. The van der Waals surface area contributed by atoms with Crippen molar-refractivity contribution in [1.29, 1.82) is 0 Å². The van der Waals surface area contributed by atoms with Crippen molar-refractivity contribution >= 4 is 0 Å². The van der Waals surface area contributed by atoms with Crippen LogP contribution in [0.25, 0.3) is 0 Å². The minimum absolute atomic E-state index is 0.0360. The standard InChI is InChI=1S/C45H73NO14/c1-19-7-10-28-20(2)31-29(46(28)17-19)16-27-25-9-8-23-15-24(11-13-44(23,5)26(25)12-14-45(27,31)6)57-43-40(60-42-37(53)35(51)33(49)22(4)56-42)38(54)39(30(18-47)58-43)59-41-36(52)34(50)32(48)21(3)55-41/h8,19-22,24-43,47-54H,7,9-18H2,1-6H3/t19-,20+,21-,22-,24-,25+,26-,27-,28+,29-,30+,31-,32-,33-,34+,35+,36+,37+,38-,39+,40+,41-,42-,43+,44-,45-/m0/s1. The van der Waals surface area contributed by atoms with E-state index >= 15 is 0 Å². The summed E-state index contributed by atoms with van der Waals surface area (Å²) in [6.45, 7) is 13.7. The monoisotopic (exact) mass is 852 g/mol. The number of fused-ring (bicyclic) bond motifs is 9. The molecule has 4 aliphatic carbocycles. The van der Waals surface area contributed by atoms with Crippen molar-refractivity contribution in [1.82, 2.24) is 4.90 Å². The van der Waals surface area contributed by atoms with Gasteiger partial charge in [0.05, 0.1) is 24.9 Å². The van der Waals surface area contributed by atoms with Crippen LogP contribution in [-0.4, -0.2) is 169 Å². The second kappa shape index (κ2) is 16.5. The first-order valence-corrected chi connectivity index (χ1v) is 23.2. The maximum atomic E-state index is 12.0. The molecule has 15 heteroatoms. The molecule has 5 heterocycles. The minimum Gasteiger partial charge on any atom is -0.394 e. The molecule has 0 unspecified atom stereocenters. The highest BCUT2D eigenvalue weighted by Gasteiger charge is 2.66. The van der Waals surface area contributed by atoms with E-state index in [1.165, 1.54) is 58.1 Å². The van der Waals surface area contributed by atoms with Gasteiger partial charge in [-0.15, -0.1) is 0 Å². The zero-order valence-electron chi connectivity index (χ0n) is 36.2. The fraction of sp³-hybridized carbons (Fsp3) is 0.956. The van der Waals surface area contributed by atoms with E-state index in [9.17, 15) is 40.9 Å². The summed E-state index contributed by atoms with van der Waals surface area (Å²) >= 11 is 0. The van der Waals surface area contributed by atoms with Crippen molar-refractivity contribution in [3.8, 4) is 0 Å². The van der Waals surface area contributed by atoms with Gasteiger partial charge in [0.25, 0.3) is 0 Å². The number of hydrogen-bond acceptors (Lipinski definition) is 15. The summed E-state index contributed by atoms with van der Waals surface area (Å²) < 4.78 is 36.7. The minimum atomic E-state index is -1.70. The molecule has 0 bridgehead atoms. The summed E-state index contributed by atoms with van der Waals surface area (Å²) in [4.78, 5) is 2.95.